The first-order valence-electron chi connectivity index (χ1n) is 6.85. The van der Waals surface area contributed by atoms with Gasteiger partial charge in [0.1, 0.15) is 0 Å². The first-order chi connectivity index (χ1) is 7.83. The molecular formula is C13H28N2O. The fraction of sp³-hybridized carbons (Fsp3) is 1.00. The smallest absolute Gasteiger partial charge is 0.0593 e. The van der Waals surface area contributed by atoms with Crippen LogP contribution < -0.4 is 5.73 Å². The van der Waals surface area contributed by atoms with Gasteiger partial charge in [-0.2, -0.15) is 0 Å². The summed E-state index contributed by atoms with van der Waals surface area (Å²) in [7, 11) is 0. The van der Waals surface area contributed by atoms with Gasteiger partial charge in [-0.1, -0.05) is 20.3 Å². The molecule has 1 saturated heterocycles. The van der Waals surface area contributed by atoms with Gasteiger partial charge >= 0.3 is 0 Å². The number of hydrogen-bond donors (Lipinski definition) is 1. The minimum atomic E-state index is 0.587. The number of likely N-dealkylation sites (tertiary alicyclic amines) is 1. The van der Waals surface area contributed by atoms with Crippen molar-refractivity contribution < 1.29 is 4.74 Å². The van der Waals surface area contributed by atoms with E-state index in [1.165, 1.54) is 25.8 Å². The Hall–Kier alpha value is -0.120. The van der Waals surface area contributed by atoms with Crippen molar-refractivity contribution in [3.8, 4) is 0 Å². The number of nitrogens with two attached hydrogens (primary N) is 1. The Balaban J connectivity index is 2.31. The number of piperidine rings is 1. The number of ether oxygens (including phenoxy) is 1. The molecule has 0 aromatic rings. The fourth-order valence-corrected chi connectivity index (χ4v) is 2.74. The Morgan fingerprint density at radius 1 is 1.31 bits per heavy atom. The van der Waals surface area contributed by atoms with E-state index in [0.717, 1.165) is 38.6 Å². The first kappa shape index (κ1) is 13.9. The van der Waals surface area contributed by atoms with E-state index in [0.29, 0.717) is 6.04 Å². The summed E-state index contributed by atoms with van der Waals surface area (Å²) in [4.78, 5) is 2.54. The molecule has 1 aliphatic rings. The van der Waals surface area contributed by atoms with E-state index in [1.807, 2.05) is 0 Å². The predicted octanol–water partition coefficient (Wildman–Crippen LogP) is 1.86. The summed E-state index contributed by atoms with van der Waals surface area (Å²) in [6, 6.07) is 0.587. The lowest BCUT2D eigenvalue weighted by Gasteiger charge is -2.40. The highest BCUT2D eigenvalue weighted by Gasteiger charge is 2.28. The molecular weight excluding hydrogens is 200 g/mol. The molecule has 16 heavy (non-hydrogen) atoms. The highest BCUT2D eigenvalue weighted by molar-refractivity contribution is 4.84. The Morgan fingerprint density at radius 3 is 2.75 bits per heavy atom. The molecule has 1 rings (SSSR count). The lowest BCUT2D eigenvalue weighted by Crippen LogP contribution is -2.50. The summed E-state index contributed by atoms with van der Waals surface area (Å²) in [5.74, 6) is 0.796. The molecule has 0 aliphatic carbocycles. The SMILES string of the molecule is CCCOCCN1CCCC(CC)C1CN. The van der Waals surface area contributed by atoms with Crippen molar-refractivity contribution >= 4 is 0 Å². The van der Waals surface area contributed by atoms with E-state index in [1.54, 1.807) is 0 Å². The van der Waals surface area contributed by atoms with E-state index in [4.69, 9.17) is 10.5 Å². The van der Waals surface area contributed by atoms with Crippen LogP contribution in [0.15, 0.2) is 0 Å². The van der Waals surface area contributed by atoms with E-state index >= 15 is 0 Å². The molecule has 96 valence electrons. The van der Waals surface area contributed by atoms with Gasteiger partial charge in [-0.05, 0) is 31.7 Å². The predicted molar refractivity (Wildman–Crippen MR) is 68.5 cm³/mol. The Kier molecular flexibility index (Phi) is 7.01. The van der Waals surface area contributed by atoms with Gasteiger partial charge in [0.2, 0.25) is 0 Å². The first-order valence-corrected chi connectivity index (χ1v) is 6.85. The molecule has 1 aliphatic heterocycles. The van der Waals surface area contributed by atoms with Crippen LogP contribution in [0.4, 0.5) is 0 Å². The fourth-order valence-electron chi connectivity index (χ4n) is 2.74. The topological polar surface area (TPSA) is 38.5 Å². The molecule has 0 aromatic heterocycles. The molecule has 0 bridgehead atoms. The molecule has 2 N–H and O–H groups in total. The van der Waals surface area contributed by atoms with Gasteiger partial charge < -0.3 is 10.5 Å². The van der Waals surface area contributed by atoms with Gasteiger partial charge in [-0.15, -0.1) is 0 Å². The highest BCUT2D eigenvalue weighted by Crippen LogP contribution is 2.25. The average Bonchev–Trinajstić information content (AvgIpc) is 2.34. The second-order valence-electron chi connectivity index (χ2n) is 4.76. The third-order valence-corrected chi connectivity index (χ3v) is 3.67. The van der Waals surface area contributed by atoms with Crippen LogP contribution in [0.25, 0.3) is 0 Å². The highest BCUT2D eigenvalue weighted by atomic mass is 16.5. The maximum Gasteiger partial charge on any atom is 0.0593 e. The normalized spacial score (nSPS) is 27.2. The third-order valence-electron chi connectivity index (χ3n) is 3.67. The Bertz CT molecular complexity index is 175. The van der Waals surface area contributed by atoms with Gasteiger partial charge in [0.15, 0.2) is 0 Å². The second kappa shape index (κ2) is 8.04. The van der Waals surface area contributed by atoms with Crippen LogP contribution in [-0.4, -0.2) is 43.8 Å². The summed E-state index contributed by atoms with van der Waals surface area (Å²) in [5.41, 5.74) is 5.91. The minimum absolute atomic E-state index is 0.587. The van der Waals surface area contributed by atoms with Gasteiger partial charge in [-0.3, -0.25) is 4.90 Å². The molecule has 0 radical (unpaired) electrons. The molecule has 1 fully saturated rings. The van der Waals surface area contributed by atoms with Crippen molar-refractivity contribution in [2.24, 2.45) is 11.7 Å². The zero-order valence-electron chi connectivity index (χ0n) is 11.0. The lowest BCUT2D eigenvalue weighted by molar-refractivity contribution is 0.0494. The zero-order chi connectivity index (χ0) is 11.8. The van der Waals surface area contributed by atoms with Crippen molar-refractivity contribution in [1.29, 1.82) is 0 Å². The quantitative estimate of drug-likeness (QED) is 0.676. The number of nitrogens with zero attached hydrogens (tertiary/aromatic N) is 1. The van der Waals surface area contributed by atoms with Crippen LogP contribution in [0.5, 0.6) is 0 Å². The average molecular weight is 228 g/mol. The molecule has 0 amide bonds. The summed E-state index contributed by atoms with van der Waals surface area (Å²) in [6.45, 7) is 9.23. The van der Waals surface area contributed by atoms with Crippen LogP contribution >= 0.6 is 0 Å². The molecule has 0 saturated carbocycles. The van der Waals surface area contributed by atoms with Crippen LogP contribution in [-0.2, 0) is 4.74 Å². The molecule has 0 spiro atoms. The largest absolute Gasteiger partial charge is 0.380 e. The van der Waals surface area contributed by atoms with E-state index in [-0.39, 0.29) is 0 Å². The minimum Gasteiger partial charge on any atom is -0.380 e. The lowest BCUT2D eigenvalue weighted by atomic mass is 9.87. The van der Waals surface area contributed by atoms with Crippen LogP contribution in [0.3, 0.4) is 0 Å². The summed E-state index contributed by atoms with van der Waals surface area (Å²) >= 11 is 0. The van der Waals surface area contributed by atoms with E-state index < -0.39 is 0 Å². The van der Waals surface area contributed by atoms with Crippen molar-refractivity contribution in [3.05, 3.63) is 0 Å². The molecule has 3 heteroatoms. The van der Waals surface area contributed by atoms with E-state index in [2.05, 4.69) is 18.7 Å². The molecule has 2 atom stereocenters. The Morgan fingerprint density at radius 2 is 2.12 bits per heavy atom. The second-order valence-corrected chi connectivity index (χ2v) is 4.76. The van der Waals surface area contributed by atoms with Gasteiger partial charge in [0.05, 0.1) is 6.61 Å². The summed E-state index contributed by atoms with van der Waals surface area (Å²) in [5, 5.41) is 0. The van der Waals surface area contributed by atoms with Crippen LogP contribution in [0, 0.1) is 5.92 Å². The van der Waals surface area contributed by atoms with Crippen molar-refractivity contribution in [3.63, 3.8) is 0 Å². The maximum atomic E-state index is 5.91. The maximum absolute atomic E-state index is 5.91. The number of hydrogen-bond acceptors (Lipinski definition) is 3. The summed E-state index contributed by atoms with van der Waals surface area (Å²) < 4.78 is 5.56. The van der Waals surface area contributed by atoms with Crippen molar-refractivity contribution in [2.75, 3.05) is 32.8 Å². The molecule has 0 aromatic carbocycles. The Labute approximate surface area is 100 Å². The summed E-state index contributed by atoms with van der Waals surface area (Å²) in [6.07, 6.45) is 5.04. The molecule has 1 heterocycles. The monoisotopic (exact) mass is 228 g/mol. The van der Waals surface area contributed by atoms with Crippen molar-refractivity contribution in [1.82, 2.24) is 4.90 Å². The van der Waals surface area contributed by atoms with Gasteiger partial charge in [0.25, 0.3) is 0 Å². The van der Waals surface area contributed by atoms with Crippen LogP contribution in [0.1, 0.15) is 39.5 Å². The number of rotatable bonds is 7. The molecule has 3 nitrogen and oxygen atoms in total. The third kappa shape index (κ3) is 4.04. The van der Waals surface area contributed by atoms with Crippen LogP contribution in [0.2, 0.25) is 0 Å². The van der Waals surface area contributed by atoms with E-state index in [9.17, 15) is 0 Å². The van der Waals surface area contributed by atoms with Gasteiger partial charge in [0, 0.05) is 25.7 Å². The molecule has 2 unspecified atom stereocenters. The standard InChI is InChI=1S/C13H28N2O/c1-3-9-16-10-8-15-7-5-6-12(4-2)13(15)11-14/h12-13H,3-11,14H2,1-2H3. The zero-order valence-corrected chi connectivity index (χ0v) is 11.0. The van der Waals surface area contributed by atoms with Gasteiger partial charge in [-0.25, -0.2) is 0 Å². The van der Waals surface area contributed by atoms with Crippen molar-refractivity contribution in [2.45, 2.75) is 45.6 Å².